The maximum absolute atomic E-state index is 6.13. The summed E-state index contributed by atoms with van der Waals surface area (Å²) >= 11 is 2.10. The molecule has 2 aromatic rings. The van der Waals surface area contributed by atoms with E-state index >= 15 is 0 Å². The minimum atomic E-state index is 0.676. The highest BCUT2D eigenvalue weighted by Crippen LogP contribution is 2.25. The van der Waals surface area contributed by atoms with Gasteiger partial charge >= 0.3 is 0 Å². The average Bonchev–Trinajstić information content (AvgIpc) is 2.48. The second kappa shape index (κ2) is 6.02. The molecule has 1 atom stereocenters. The molecule has 1 aromatic heterocycles. The molecule has 3 rings (SSSR count). The van der Waals surface area contributed by atoms with E-state index < -0.39 is 0 Å². The van der Waals surface area contributed by atoms with Gasteiger partial charge in [-0.15, -0.1) is 0 Å². The summed E-state index contributed by atoms with van der Waals surface area (Å²) in [5.74, 6) is 1.90. The van der Waals surface area contributed by atoms with E-state index in [0.717, 1.165) is 36.0 Å². The Kier molecular flexibility index (Phi) is 4.13. The molecule has 1 aliphatic heterocycles. The summed E-state index contributed by atoms with van der Waals surface area (Å²) in [4.78, 5) is 7.03. The first-order valence-corrected chi connectivity index (χ1v) is 8.29. The molecule has 1 fully saturated rings. The van der Waals surface area contributed by atoms with E-state index in [1.807, 2.05) is 12.1 Å². The highest BCUT2D eigenvalue weighted by molar-refractivity contribution is 8.00. The van der Waals surface area contributed by atoms with Crippen LogP contribution in [0, 0.1) is 0 Å². The van der Waals surface area contributed by atoms with Crippen molar-refractivity contribution >= 4 is 28.5 Å². The van der Waals surface area contributed by atoms with Crippen LogP contribution in [-0.4, -0.2) is 34.0 Å². The molecule has 1 unspecified atom stereocenters. The number of pyridine rings is 1. The second-order valence-electron chi connectivity index (χ2n) is 5.36. The molecule has 3 nitrogen and oxygen atoms in total. The smallest absolute Gasteiger partial charge is 0.128 e. The fraction of sp³-hybridized carbons (Fsp3) is 0.438. The molecule has 0 amide bonds. The van der Waals surface area contributed by atoms with Crippen LogP contribution in [0.1, 0.15) is 18.9 Å². The van der Waals surface area contributed by atoms with E-state index in [9.17, 15) is 0 Å². The Labute approximate surface area is 124 Å². The summed E-state index contributed by atoms with van der Waals surface area (Å²) < 4.78 is 0. The van der Waals surface area contributed by atoms with E-state index in [-0.39, 0.29) is 0 Å². The van der Waals surface area contributed by atoms with Crippen molar-refractivity contribution in [3.8, 4) is 0 Å². The SMILES string of the molecule is CCC1CN(Cc2cc3ccccc3nc2N)CCS1. The summed E-state index contributed by atoms with van der Waals surface area (Å²) in [7, 11) is 0. The number of benzene rings is 1. The molecule has 20 heavy (non-hydrogen) atoms. The van der Waals surface area contributed by atoms with E-state index in [0.29, 0.717) is 5.82 Å². The van der Waals surface area contributed by atoms with Gasteiger partial charge in [0.05, 0.1) is 5.52 Å². The van der Waals surface area contributed by atoms with Crippen molar-refractivity contribution in [3.63, 3.8) is 0 Å². The fourth-order valence-electron chi connectivity index (χ4n) is 2.71. The van der Waals surface area contributed by atoms with Crippen LogP contribution in [0.5, 0.6) is 0 Å². The lowest BCUT2D eigenvalue weighted by atomic mass is 10.1. The second-order valence-corrected chi connectivity index (χ2v) is 6.77. The molecule has 0 bridgehead atoms. The molecule has 1 saturated heterocycles. The molecule has 0 aliphatic carbocycles. The Bertz CT molecular complexity index is 599. The fourth-order valence-corrected chi connectivity index (χ4v) is 3.96. The van der Waals surface area contributed by atoms with Crippen LogP contribution in [0.15, 0.2) is 30.3 Å². The van der Waals surface area contributed by atoms with Crippen LogP contribution in [0.4, 0.5) is 5.82 Å². The monoisotopic (exact) mass is 287 g/mol. The van der Waals surface area contributed by atoms with Crippen LogP contribution in [0.3, 0.4) is 0 Å². The number of hydrogen-bond donors (Lipinski definition) is 1. The Morgan fingerprint density at radius 3 is 3.10 bits per heavy atom. The lowest BCUT2D eigenvalue weighted by molar-refractivity contribution is 0.273. The maximum Gasteiger partial charge on any atom is 0.128 e. The molecule has 0 radical (unpaired) electrons. The lowest BCUT2D eigenvalue weighted by Gasteiger charge is -2.32. The van der Waals surface area contributed by atoms with Gasteiger partial charge in [-0.3, -0.25) is 4.90 Å². The largest absolute Gasteiger partial charge is 0.383 e. The lowest BCUT2D eigenvalue weighted by Crippen LogP contribution is -2.37. The Hall–Kier alpha value is -1.26. The maximum atomic E-state index is 6.13. The van der Waals surface area contributed by atoms with Crippen molar-refractivity contribution in [2.45, 2.75) is 25.1 Å². The van der Waals surface area contributed by atoms with Gasteiger partial charge in [-0.05, 0) is 18.6 Å². The van der Waals surface area contributed by atoms with Gasteiger partial charge in [-0.1, -0.05) is 25.1 Å². The third kappa shape index (κ3) is 2.91. The van der Waals surface area contributed by atoms with Crippen LogP contribution >= 0.6 is 11.8 Å². The first kappa shape index (κ1) is 13.7. The summed E-state index contributed by atoms with van der Waals surface area (Å²) in [5.41, 5.74) is 8.27. The third-order valence-electron chi connectivity index (χ3n) is 3.91. The van der Waals surface area contributed by atoms with E-state index in [2.05, 4.69) is 46.8 Å². The van der Waals surface area contributed by atoms with Gasteiger partial charge in [-0.2, -0.15) is 11.8 Å². The predicted molar refractivity (Wildman–Crippen MR) is 88.0 cm³/mol. The molecule has 106 valence electrons. The molecular formula is C16H21N3S. The highest BCUT2D eigenvalue weighted by Gasteiger charge is 2.19. The van der Waals surface area contributed by atoms with Gasteiger partial charge < -0.3 is 5.73 Å². The van der Waals surface area contributed by atoms with Crippen molar-refractivity contribution in [1.82, 2.24) is 9.88 Å². The molecule has 2 N–H and O–H groups in total. The van der Waals surface area contributed by atoms with Gasteiger partial charge in [0, 0.05) is 41.6 Å². The Morgan fingerprint density at radius 1 is 1.40 bits per heavy atom. The van der Waals surface area contributed by atoms with Crippen LogP contribution in [0.2, 0.25) is 0 Å². The average molecular weight is 287 g/mol. The molecule has 4 heteroatoms. The highest BCUT2D eigenvalue weighted by atomic mass is 32.2. The van der Waals surface area contributed by atoms with Crippen LogP contribution < -0.4 is 5.73 Å². The molecule has 0 spiro atoms. The number of para-hydroxylation sites is 1. The quantitative estimate of drug-likeness (QED) is 0.941. The zero-order valence-corrected chi connectivity index (χ0v) is 12.7. The van der Waals surface area contributed by atoms with Crippen molar-refractivity contribution in [3.05, 3.63) is 35.9 Å². The predicted octanol–water partition coefficient (Wildman–Crippen LogP) is 3.14. The number of anilines is 1. The van der Waals surface area contributed by atoms with Crippen molar-refractivity contribution in [2.75, 3.05) is 24.6 Å². The Balaban J connectivity index is 1.81. The number of aromatic nitrogens is 1. The molecular weight excluding hydrogens is 266 g/mol. The first-order valence-electron chi connectivity index (χ1n) is 7.24. The molecule has 2 heterocycles. The van der Waals surface area contributed by atoms with Crippen molar-refractivity contribution in [1.29, 1.82) is 0 Å². The minimum absolute atomic E-state index is 0.676. The minimum Gasteiger partial charge on any atom is -0.383 e. The number of fused-ring (bicyclic) bond motifs is 1. The third-order valence-corrected chi connectivity index (χ3v) is 5.28. The first-order chi connectivity index (χ1) is 9.76. The molecule has 1 aromatic carbocycles. The number of nitrogens with two attached hydrogens (primary N) is 1. The zero-order chi connectivity index (χ0) is 13.9. The summed E-state index contributed by atoms with van der Waals surface area (Å²) in [6.45, 7) is 5.49. The topological polar surface area (TPSA) is 42.2 Å². The summed E-state index contributed by atoms with van der Waals surface area (Å²) in [5, 5.41) is 1.94. The number of thioether (sulfide) groups is 1. The van der Waals surface area contributed by atoms with Gasteiger partial charge in [0.15, 0.2) is 0 Å². The van der Waals surface area contributed by atoms with Gasteiger partial charge in [0.2, 0.25) is 0 Å². The normalized spacial score (nSPS) is 20.4. The standard InChI is InChI=1S/C16H21N3S/c1-2-14-11-19(7-8-20-14)10-13-9-12-5-3-4-6-15(12)18-16(13)17/h3-6,9,14H,2,7-8,10-11H2,1H3,(H2,17,18). The van der Waals surface area contributed by atoms with Crippen molar-refractivity contribution < 1.29 is 0 Å². The number of rotatable bonds is 3. The Morgan fingerprint density at radius 2 is 2.25 bits per heavy atom. The van der Waals surface area contributed by atoms with Crippen LogP contribution in [-0.2, 0) is 6.54 Å². The molecule has 1 aliphatic rings. The van der Waals surface area contributed by atoms with Gasteiger partial charge in [0.25, 0.3) is 0 Å². The summed E-state index contributed by atoms with van der Waals surface area (Å²) in [6, 6.07) is 10.4. The molecule has 0 saturated carbocycles. The summed E-state index contributed by atoms with van der Waals surface area (Å²) in [6.07, 6.45) is 1.24. The van der Waals surface area contributed by atoms with E-state index in [4.69, 9.17) is 5.73 Å². The van der Waals surface area contributed by atoms with E-state index in [1.54, 1.807) is 0 Å². The zero-order valence-electron chi connectivity index (χ0n) is 11.9. The van der Waals surface area contributed by atoms with Crippen LogP contribution in [0.25, 0.3) is 10.9 Å². The van der Waals surface area contributed by atoms with Crippen molar-refractivity contribution in [2.24, 2.45) is 0 Å². The number of hydrogen-bond acceptors (Lipinski definition) is 4. The van der Waals surface area contributed by atoms with E-state index in [1.165, 1.54) is 17.6 Å². The number of nitrogen functional groups attached to an aromatic ring is 1. The van der Waals surface area contributed by atoms with Gasteiger partial charge in [-0.25, -0.2) is 4.98 Å². The number of nitrogens with zero attached hydrogens (tertiary/aromatic N) is 2. The van der Waals surface area contributed by atoms with Gasteiger partial charge in [0.1, 0.15) is 5.82 Å².